The summed E-state index contributed by atoms with van der Waals surface area (Å²) in [6, 6.07) is 6.11. The van der Waals surface area contributed by atoms with Gasteiger partial charge in [-0.3, -0.25) is 9.67 Å². The number of nitrogens with one attached hydrogen (secondary N) is 1. The van der Waals surface area contributed by atoms with Gasteiger partial charge in [0.2, 0.25) is 11.8 Å². The van der Waals surface area contributed by atoms with Crippen LogP contribution in [0.4, 0.5) is 5.69 Å². The second-order valence-corrected chi connectivity index (χ2v) is 7.89. The van der Waals surface area contributed by atoms with Gasteiger partial charge in [0.15, 0.2) is 0 Å². The van der Waals surface area contributed by atoms with Crippen LogP contribution in [0.1, 0.15) is 38.2 Å². The van der Waals surface area contributed by atoms with Crippen LogP contribution in [0.5, 0.6) is 11.8 Å². The first-order valence-electron chi connectivity index (χ1n) is 11.1. The summed E-state index contributed by atoms with van der Waals surface area (Å²) in [6.07, 6.45) is 5.81. The van der Waals surface area contributed by atoms with E-state index in [4.69, 9.17) is 19.6 Å². The number of rotatable bonds is 9. The fourth-order valence-electron chi connectivity index (χ4n) is 3.67. The number of nitrogens with zero attached hydrogens (tertiary/aromatic N) is 6. The maximum absolute atomic E-state index is 5.76. The molecule has 0 saturated heterocycles. The first kappa shape index (κ1) is 22.4. The van der Waals surface area contributed by atoms with Crippen molar-refractivity contribution in [2.75, 3.05) is 25.6 Å². The third kappa shape index (κ3) is 4.72. The van der Waals surface area contributed by atoms with Crippen molar-refractivity contribution in [2.24, 2.45) is 0 Å². The zero-order valence-electron chi connectivity index (χ0n) is 19.7. The number of hydrogen-bond acceptors (Lipinski definition) is 8. The lowest BCUT2D eigenvalue weighted by Gasteiger charge is -2.15. The van der Waals surface area contributed by atoms with Gasteiger partial charge in [-0.15, -0.1) is 0 Å². The smallest absolute Gasteiger partial charge is 0.231 e. The molecule has 0 atom stereocenters. The predicted molar refractivity (Wildman–Crippen MR) is 128 cm³/mol. The fraction of sp³-hybridized carbons (Fsp3) is 0.375. The summed E-state index contributed by atoms with van der Waals surface area (Å²) in [5, 5.41) is 8.33. The molecule has 0 bridgehead atoms. The second-order valence-electron chi connectivity index (χ2n) is 7.89. The molecule has 0 aliphatic heterocycles. The highest BCUT2D eigenvalue weighted by Crippen LogP contribution is 2.34. The highest BCUT2D eigenvalue weighted by Gasteiger charge is 2.19. The molecule has 0 aromatic carbocycles. The van der Waals surface area contributed by atoms with Gasteiger partial charge in [0, 0.05) is 25.2 Å². The molecule has 33 heavy (non-hydrogen) atoms. The van der Waals surface area contributed by atoms with Crippen LogP contribution in [0.3, 0.4) is 0 Å². The quantitative estimate of drug-likeness (QED) is 0.407. The Morgan fingerprint density at radius 2 is 2.00 bits per heavy atom. The largest absolute Gasteiger partial charge is 0.480 e. The summed E-state index contributed by atoms with van der Waals surface area (Å²) in [6.45, 7) is 9.37. The summed E-state index contributed by atoms with van der Waals surface area (Å²) >= 11 is 0. The van der Waals surface area contributed by atoms with Crippen LogP contribution in [0.25, 0.3) is 22.3 Å². The molecular weight excluding hydrogens is 418 g/mol. The van der Waals surface area contributed by atoms with Crippen molar-refractivity contribution in [3.8, 4) is 23.0 Å². The standard InChI is InChI=1S/C24H29N7O2/c1-6-33-24-18(8-7-10-26-24)19-12-20(23-22(29-19)16(4)30-31(23)15(2)3)25-11-9-17-13-28-21(32-5)14-27-17/h7-8,10,12-15H,6,9,11H2,1-5H3,(H,25,29). The lowest BCUT2D eigenvalue weighted by atomic mass is 10.1. The molecule has 0 fully saturated rings. The lowest BCUT2D eigenvalue weighted by Crippen LogP contribution is -2.10. The first-order chi connectivity index (χ1) is 16.0. The molecule has 0 aliphatic rings. The van der Waals surface area contributed by atoms with E-state index in [9.17, 15) is 0 Å². The number of aryl methyl sites for hydroxylation is 1. The van der Waals surface area contributed by atoms with Crippen molar-refractivity contribution < 1.29 is 9.47 Å². The molecule has 1 N–H and O–H groups in total. The van der Waals surface area contributed by atoms with Gasteiger partial charge in [0.25, 0.3) is 0 Å². The SMILES string of the molecule is CCOc1ncccc1-c1cc(NCCc2cnc(OC)cn2)c2c(n1)c(C)nn2C(C)C. The van der Waals surface area contributed by atoms with Crippen molar-refractivity contribution >= 4 is 16.7 Å². The predicted octanol–water partition coefficient (Wildman–Crippen LogP) is 4.23. The number of hydrogen-bond donors (Lipinski definition) is 1. The normalized spacial score (nSPS) is 11.2. The van der Waals surface area contributed by atoms with Crippen LogP contribution in [-0.4, -0.2) is 50.0 Å². The van der Waals surface area contributed by atoms with Gasteiger partial charge >= 0.3 is 0 Å². The maximum atomic E-state index is 5.76. The molecule has 0 unspecified atom stereocenters. The highest BCUT2D eigenvalue weighted by molar-refractivity contribution is 5.93. The van der Waals surface area contributed by atoms with Gasteiger partial charge in [0.1, 0.15) is 11.0 Å². The van der Waals surface area contributed by atoms with E-state index in [2.05, 4.69) is 34.1 Å². The number of methoxy groups -OCH3 is 1. The molecule has 4 aromatic heterocycles. The van der Waals surface area contributed by atoms with Gasteiger partial charge < -0.3 is 14.8 Å². The third-order valence-corrected chi connectivity index (χ3v) is 5.23. The van der Waals surface area contributed by atoms with Crippen molar-refractivity contribution in [3.63, 3.8) is 0 Å². The third-order valence-electron chi connectivity index (χ3n) is 5.23. The Balaban J connectivity index is 1.72. The summed E-state index contributed by atoms with van der Waals surface area (Å²) in [4.78, 5) is 18.0. The molecule has 172 valence electrons. The fourth-order valence-corrected chi connectivity index (χ4v) is 3.67. The number of aromatic nitrogens is 6. The van der Waals surface area contributed by atoms with Crippen LogP contribution < -0.4 is 14.8 Å². The zero-order valence-corrected chi connectivity index (χ0v) is 19.7. The summed E-state index contributed by atoms with van der Waals surface area (Å²) in [7, 11) is 1.58. The number of anilines is 1. The Bertz CT molecular complexity index is 1240. The molecule has 0 aliphatic carbocycles. The average Bonchev–Trinajstić information content (AvgIpc) is 3.17. The van der Waals surface area contributed by atoms with Gasteiger partial charge in [-0.2, -0.15) is 5.10 Å². The van der Waals surface area contributed by atoms with Gasteiger partial charge in [-0.1, -0.05) is 0 Å². The molecule has 0 saturated carbocycles. The second kappa shape index (κ2) is 9.81. The van der Waals surface area contributed by atoms with Crippen molar-refractivity contribution in [2.45, 2.75) is 40.2 Å². The van der Waals surface area contributed by atoms with Crippen molar-refractivity contribution in [1.82, 2.24) is 29.7 Å². The van der Waals surface area contributed by atoms with Crippen molar-refractivity contribution in [1.29, 1.82) is 0 Å². The van der Waals surface area contributed by atoms with Gasteiger partial charge in [-0.25, -0.2) is 15.0 Å². The highest BCUT2D eigenvalue weighted by atomic mass is 16.5. The average molecular weight is 448 g/mol. The molecule has 4 heterocycles. The molecule has 0 spiro atoms. The summed E-state index contributed by atoms with van der Waals surface area (Å²) in [5.74, 6) is 1.07. The van der Waals surface area contributed by atoms with Gasteiger partial charge in [0.05, 0.1) is 54.4 Å². The van der Waals surface area contributed by atoms with E-state index >= 15 is 0 Å². The number of ether oxygens (including phenoxy) is 2. The van der Waals surface area contributed by atoms with E-state index in [1.165, 1.54) is 0 Å². The van der Waals surface area contributed by atoms with Crippen LogP contribution in [0, 0.1) is 6.92 Å². The Hall–Kier alpha value is -3.75. The van der Waals surface area contributed by atoms with Gasteiger partial charge in [-0.05, 0) is 45.9 Å². The van der Waals surface area contributed by atoms with Crippen LogP contribution in [-0.2, 0) is 6.42 Å². The summed E-state index contributed by atoms with van der Waals surface area (Å²) < 4.78 is 12.9. The minimum atomic E-state index is 0.194. The first-order valence-corrected chi connectivity index (χ1v) is 11.1. The minimum Gasteiger partial charge on any atom is -0.480 e. The van der Waals surface area contributed by atoms with Crippen molar-refractivity contribution in [3.05, 3.63) is 48.2 Å². The maximum Gasteiger partial charge on any atom is 0.231 e. The van der Waals surface area contributed by atoms with E-state index in [1.807, 2.05) is 36.7 Å². The molecular formula is C24H29N7O2. The zero-order chi connectivity index (χ0) is 23.4. The molecule has 0 radical (unpaired) electrons. The van der Waals surface area contributed by atoms with Crippen LogP contribution >= 0.6 is 0 Å². The van der Waals surface area contributed by atoms with E-state index in [1.54, 1.807) is 25.7 Å². The Kier molecular flexibility index (Phi) is 6.67. The van der Waals surface area contributed by atoms with E-state index in [0.717, 1.165) is 39.4 Å². The molecule has 4 aromatic rings. The molecule has 0 amide bonds. The Morgan fingerprint density at radius 3 is 2.70 bits per heavy atom. The summed E-state index contributed by atoms with van der Waals surface area (Å²) in [5.41, 5.74) is 6.20. The van der Waals surface area contributed by atoms with E-state index in [-0.39, 0.29) is 6.04 Å². The van der Waals surface area contributed by atoms with E-state index in [0.29, 0.717) is 31.3 Å². The topological polar surface area (TPSA) is 99.9 Å². The number of fused-ring (bicyclic) bond motifs is 1. The minimum absolute atomic E-state index is 0.194. The van der Waals surface area contributed by atoms with Crippen LogP contribution in [0.15, 0.2) is 36.8 Å². The van der Waals surface area contributed by atoms with E-state index < -0.39 is 0 Å². The lowest BCUT2D eigenvalue weighted by molar-refractivity contribution is 0.328. The molecule has 9 heteroatoms. The van der Waals surface area contributed by atoms with Crippen LogP contribution in [0.2, 0.25) is 0 Å². The monoisotopic (exact) mass is 447 g/mol. The Labute approximate surface area is 193 Å². The number of pyridine rings is 2. The molecule has 4 rings (SSSR count). The molecule has 9 nitrogen and oxygen atoms in total. The Morgan fingerprint density at radius 1 is 1.15 bits per heavy atom.